The lowest BCUT2D eigenvalue weighted by molar-refractivity contribution is -0.135. The maximum absolute atomic E-state index is 11.1. The molecule has 1 N–H and O–H groups in total. The molecule has 6 heteroatoms. The van der Waals surface area contributed by atoms with Crippen LogP contribution in [0.1, 0.15) is 17.0 Å². The van der Waals surface area contributed by atoms with Gasteiger partial charge in [0, 0.05) is 22.7 Å². The highest BCUT2D eigenvalue weighted by molar-refractivity contribution is 5.91. The monoisotopic (exact) mass is 388 g/mol. The van der Waals surface area contributed by atoms with Crippen molar-refractivity contribution in [3.05, 3.63) is 83.6 Å². The number of aromatic nitrogens is 2. The van der Waals surface area contributed by atoms with Gasteiger partial charge in [-0.25, -0.2) is 9.78 Å². The van der Waals surface area contributed by atoms with Crippen LogP contribution in [-0.4, -0.2) is 27.7 Å². The van der Waals surface area contributed by atoms with Gasteiger partial charge < -0.3 is 18.8 Å². The standard InChI is InChI=1S/C23H20N2O4/c1-15-19(24-22(29-15)17-6-4-3-5-7-17)14-25-11-10-18-12-16(8-9-20(18)25)13-21(28-2)23(26)27/h3-13H,14H2,1-2H3,(H,26,27)/b21-13+. The molecular formula is C23H20N2O4. The molecule has 6 nitrogen and oxygen atoms in total. The van der Waals surface area contributed by atoms with Gasteiger partial charge in [0.25, 0.3) is 0 Å². The zero-order valence-electron chi connectivity index (χ0n) is 16.1. The lowest BCUT2D eigenvalue weighted by Crippen LogP contribution is -2.02. The number of rotatable bonds is 6. The summed E-state index contributed by atoms with van der Waals surface area (Å²) in [6.45, 7) is 2.50. The first-order valence-electron chi connectivity index (χ1n) is 9.15. The molecule has 0 saturated heterocycles. The van der Waals surface area contributed by atoms with Crippen LogP contribution in [0.2, 0.25) is 0 Å². The molecule has 2 aromatic carbocycles. The number of nitrogens with zero attached hydrogens (tertiary/aromatic N) is 2. The number of hydrogen-bond donors (Lipinski definition) is 1. The molecule has 0 saturated carbocycles. The molecule has 0 fully saturated rings. The van der Waals surface area contributed by atoms with Crippen LogP contribution in [0.5, 0.6) is 0 Å². The molecule has 0 atom stereocenters. The molecule has 0 radical (unpaired) electrons. The Hall–Kier alpha value is -3.80. The van der Waals surface area contributed by atoms with E-state index in [1.165, 1.54) is 13.2 Å². The molecule has 0 aliphatic rings. The van der Waals surface area contributed by atoms with Crippen molar-refractivity contribution in [3.63, 3.8) is 0 Å². The quantitative estimate of drug-likeness (QED) is 0.382. The highest BCUT2D eigenvalue weighted by atomic mass is 16.5. The van der Waals surface area contributed by atoms with Gasteiger partial charge in [0.15, 0.2) is 0 Å². The largest absolute Gasteiger partial charge is 0.490 e. The third kappa shape index (κ3) is 3.78. The topological polar surface area (TPSA) is 77.5 Å². The minimum Gasteiger partial charge on any atom is -0.490 e. The van der Waals surface area contributed by atoms with Crippen LogP contribution >= 0.6 is 0 Å². The van der Waals surface area contributed by atoms with Crippen LogP contribution in [0.4, 0.5) is 0 Å². The normalized spacial score (nSPS) is 11.7. The van der Waals surface area contributed by atoms with E-state index in [-0.39, 0.29) is 5.76 Å². The van der Waals surface area contributed by atoms with E-state index in [9.17, 15) is 4.79 Å². The molecule has 29 heavy (non-hydrogen) atoms. The Kier molecular flexibility index (Phi) is 4.91. The van der Waals surface area contributed by atoms with Crippen LogP contribution in [0.3, 0.4) is 0 Å². The van der Waals surface area contributed by atoms with Gasteiger partial charge in [0.1, 0.15) is 11.5 Å². The van der Waals surface area contributed by atoms with E-state index in [1.54, 1.807) is 0 Å². The van der Waals surface area contributed by atoms with Crippen molar-refractivity contribution in [2.75, 3.05) is 7.11 Å². The molecule has 0 unspecified atom stereocenters. The lowest BCUT2D eigenvalue weighted by atomic mass is 10.1. The maximum atomic E-state index is 11.1. The summed E-state index contributed by atoms with van der Waals surface area (Å²) in [5.41, 5.74) is 3.61. The summed E-state index contributed by atoms with van der Waals surface area (Å²) in [7, 11) is 1.35. The molecule has 2 heterocycles. The van der Waals surface area contributed by atoms with Crippen LogP contribution in [0.15, 0.2) is 71.0 Å². The molecule has 0 amide bonds. The Balaban J connectivity index is 1.63. The van der Waals surface area contributed by atoms with Crippen molar-refractivity contribution in [1.82, 2.24) is 9.55 Å². The summed E-state index contributed by atoms with van der Waals surface area (Å²) in [6, 6.07) is 17.6. The summed E-state index contributed by atoms with van der Waals surface area (Å²) in [5, 5.41) is 10.1. The van der Waals surface area contributed by atoms with Gasteiger partial charge >= 0.3 is 5.97 Å². The summed E-state index contributed by atoms with van der Waals surface area (Å²) in [5.74, 6) is 0.204. The number of fused-ring (bicyclic) bond motifs is 1. The first-order valence-corrected chi connectivity index (χ1v) is 9.15. The predicted octanol–water partition coefficient (Wildman–Crippen LogP) is 4.72. The maximum Gasteiger partial charge on any atom is 0.371 e. The van der Waals surface area contributed by atoms with Crippen molar-refractivity contribution in [2.24, 2.45) is 0 Å². The Bertz CT molecular complexity index is 1200. The second-order valence-corrected chi connectivity index (χ2v) is 6.67. The fourth-order valence-corrected chi connectivity index (χ4v) is 3.25. The van der Waals surface area contributed by atoms with E-state index in [0.29, 0.717) is 12.4 Å². The number of benzene rings is 2. The molecule has 146 valence electrons. The smallest absolute Gasteiger partial charge is 0.371 e. The van der Waals surface area contributed by atoms with Gasteiger partial charge in [-0.15, -0.1) is 0 Å². The second kappa shape index (κ2) is 7.67. The van der Waals surface area contributed by atoms with E-state index in [0.717, 1.165) is 33.5 Å². The number of carboxylic acids is 1. The lowest BCUT2D eigenvalue weighted by Gasteiger charge is -2.05. The van der Waals surface area contributed by atoms with Gasteiger partial charge in [0.2, 0.25) is 11.6 Å². The van der Waals surface area contributed by atoms with E-state index in [1.807, 2.05) is 67.7 Å². The van der Waals surface area contributed by atoms with E-state index < -0.39 is 5.97 Å². The zero-order chi connectivity index (χ0) is 20.4. The fourth-order valence-electron chi connectivity index (χ4n) is 3.25. The number of ether oxygens (including phenoxy) is 1. The molecular weight excluding hydrogens is 368 g/mol. The molecule has 0 aliphatic carbocycles. The fraction of sp³-hybridized carbons (Fsp3) is 0.130. The molecule has 2 aromatic heterocycles. The minimum atomic E-state index is -1.10. The molecule has 4 aromatic rings. The van der Waals surface area contributed by atoms with Crippen molar-refractivity contribution in [3.8, 4) is 11.5 Å². The predicted molar refractivity (Wildman–Crippen MR) is 110 cm³/mol. The number of aliphatic carboxylic acids is 1. The van der Waals surface area contributed by atoms with Gasteiger partial charge in [-0.05, 0) is 48.9 Å². The Morgan fingerprint density at radius 3 is 2.72 bits per heavy atom. The minimum absolute atomic E-state index is 0.101. The third-order valence-corrected chi connectivity index (χ3v) is 4.76. The highest BCUT2D eigenvalue weighted by Crippen LogP contribution is 2.24. The van der Waals surface area contributed by atoms with Crippen LogP contribution in [0.25, 0.3) is 28.4 Å². The number of carboxylic acid groups (broad SMARTS) is 1. The molecule has 0 aliphatic heterocycles. The average molecular weight is 388 g/mol. The molecule has 0 spiro atoms. The Morgan fingerprint density at radius 2 is 2.00 bits per heavy atom. The van der Waals surface area contributed by atoms with Crippen molar-refractivity contribution >= 4 is 22.9 Å². The van der Waals surface area contributed by atoms with Gasteiger partial charge in [0.05, 0.1) is 13.7 Å². The number of hydrogen-bond acceptors (Lipinski definition) is 4. The molecule has 0 bridgehead atoms. The van der Waals surface area contributed by atoms with Gasteiger partial charge in [-0.3, -0.25) is 0 Å². The number of oxazole rings is 1. The summed E-state index contributed by atoms with van der Waals surface area (Å²) in [4.78, 5) is 15.8. The number of aryl methyl sites for hydroxylation is 1. The van der Waals surface area contributed by atoms with Crippen LogP contribution in [0, 0.1) is 6.92 Å². The molecule has 4 rings (SSSR count). The average Bonchev–Trinajstić information content (AvgIpc) is 3.30. The van der Waals surface area contributed by atoms with Crippen LogP contribution < -0.4 is 0 Å². The van der Waals surface area contributed by atoms with E-state index in [2.05, 4.69) is 9.55 Å². The number of carbonyl (C=O) groups is 1. The van der Waals surface area contributed by atoms with Crippen molar-refractivity contribution in [1.29, 1.82) is 0 Å². The van der Waals surface area contributed by atoms with Gasteiger partial charge in [-0.1, -0.05) is 24.3 Å². The number of methoxy groups -OCH3 is 1. The van der Waals surface area contributed by atoms with E-state index >= 15 is 0 Å². The summed E-state index contributed by atoms with van der Waals surface area (Å²) < 4.78 is 12.9. The first-order chi connectivity index (χ1) is 14.0. The van der Waals surface area contributed by atoms with Crippen molar-refractivity contribution in [2.45, 2.75) is 13.5 Å². The third-order valence-electron chi connectivity index (χ3n) is 4.76. The van der Waals surface area contributed by atoms with Crippen LogP contribution in [-0.2, 0) is 16.1 Å². The second-order valence-electron chi connectivity index (χ2n) is 6.67. The summed E-state index contributed by atoms with van der Waals surface area (Å²) in [6.07, 6.45) is 3.50. The SMILES string of the molecule is CO/C(=C/c1ccc2c(ccn2Cc2nc(-c3ccccc3)oc2C)c1)C(=O)O. The Labute approximate surface area is 167 Å². The first kappa shape index (κ1) is 18.6. The van der Waals surface area contributed by atoms with E-state index in [4.69, 9.17) is 14.3 Å². The zero-order valence-corrected chi connectivity index (χ0v) is 16.1. The Morgan fingerprint density at radius 1 is 1.21 bits per heavy atom. The highest BCUT2D eigenvalue weighted by Gasteiger charge is 2.13. The van der Waals surface area contributed by atoms with Gasteiger partial charge in [-0.2, -0.15) is 0 Å². The summed E-state index contributed by atoms with van der Waals surface area (Å²) >= 11 is 0. The van der Waals surface area contributed by atoms with Crippen molar-refractivity contribution < 1.29 is 19.1 Å².